The zero-order valence-electron chi connectivity index (χ0n) is 11.6. The van der Waals surface area contributed by atoms with Crippen LogP contribution in [0.2, 0.25) is 10.0 Å². The van der Waals surface area contributed by atoms with E-state index >= 15 is 0 Å². The highest BCUT2D eigenvalue weighted by molar-refractivity contribution is 7.89. The molecule has 0 amide bonds. The van der Waals surface area contributed by atoms with Crippen molar-refractivity contribution < 1.29 is 23.0 Å². The number of halogens is 2. The summed E-state index contributed by atoms with van der Waals surface area (Å²) in [6.45, 7) is -0.180. The molecule has 0 saturated heterocycles. The van der Waals surface area contributed by atoms with E-state index < -0.39 is 22.7 Å². The number of hydrogen-bond acceptors (Lipinski definition) is 5. The third kappa shape index (κ3) is 4.79. The van der Waals surface area contributed by atoms with Crippen molar-refractivity contribution in [3.05, 3.63) is 27.7 Å². The predicted molar refractivity (Wildman–Crippen MR) is 80.2 cm³/mol. The highest BCUT2D eigenvalue weighted by Crippen LogP contribution is 2.30. The lowest BCUT2D eigenvalue weighted by Crippen LogP contribution is -2.35. The van der Waals surface area contributed by atoms with Gasteiger partial charge in [0.2, 0.25) is 10.0 Å². The van der Waals surface area contributed by atoms with Crippen LogP contribution in [-0.4, -0.2) is 47.0 Å². The Labute approximate surface area is 134 Å². The summed E-state index contributed by atoms with van der Waals surface area (Å²) in [4.78, 5) is -0.148. The normalized spacial score (nSPS) is 13.4. The van der Waals surface area contributed by atoms with Crippen LogP contribution in [0.15, 0.2) is 17.0 Å². The van der Waals surface area contributed by atoms with Gasteiger partial charge < -0.3 is 14.6 Å². The Morgan fingerprint density at radius 1 is 1.33 bits per heavy atom. The fraction of sp³-hybridized carbons (Fsp3) is 0.500. The van der Waals surface area contributed by atoms with E-state index in [1.807, 2.05) is 0 Å². The van der Waals surface area contributed by atoms with Gasteiger partial charge in [-0.3, -0.25) is 0 Å². The molecule has 0 spiro atoms. The molecule has 1 atom stereocenters. The van der Waals surface area contributed by atoms with Crippen molar-refractivity contribution in [1.82, 2.24) is 4.72 Å². The molecule has 0 fully saturated rings. The van der Waals surface area contributed by atoms with Gasteiger partial charge in [0.05, 0.1) is 24.3 Å². The van der Waals surface area contributed by atoms with E-state index in [1.165, 1.54) is 26.4 Å². The molecule has 0 aliphatic carbocycles. The number of methoxy groups -OCH3 is 2. The van der Waals surface area contributed by atoms with Gasteiger partial charge in [0.25, 0.3) is 0 Å². The van der Waals surface area contributed by atoms with Crippen LogP contribution in [0.25, 0.3) is 0 Å². The minimum absolute atomic E-state index is 0.0279. The van der Waals surface area contributed by atoms with E-state index in [9.17, 15) is 13.5 Å². The molecule has 9 heteroatoms. The Morgan fingerprint density at radius 3 is 2.52 bits per heavy atom. The van der Waals surface area contributed by atoms with Gasteiger partial charge in [-0.25, -0.2) is 13.1 Å². The summed E-state index contributed by atoms with van der Waals surface area (Å²) in [6, 6.07) is 2.65. The summed E-state index contributed by atoms with van der Waals surface area (Å²) in [5, 5.41) is 9.30. The molecular formula is C12H17Cl2NO5S. The lowest BCUT2D eigenvalue weighted by atomic mass is 10.2. The van der Waals surface area contributed by atoms with E-state index in [0.717, 1.165) is 0 Å². The van der Waals surface area contributed by atoms with Crippen LogP contribution in [0.4, 0.5) is 0 Å². The highest BCUT2D eigenvalue weighted by Gasteiger charge is 2.22. The Morgan fingerprint density at radius 2 is 2.00 bits per heavy atom. The Kier molecular flexibility index (Phi) is 7.35. The van der Waals surface area contributed by atoms with Crippen molar-refractivity contribution in [3.63, 3.8) is 0 Å². The molecule has 2 N–H and O–H groups in total. The Balaban J connectivity index is 2.98. The third-order valence-corrected chi connectivity index (χ3v) is 5.15. The van der Waals surface area contributed by atoms with Crippen LogP contribution in [-0.2, 0) is 26.1 Å². The largest absolute Gasteiger partial charge is 0.392 e. The molecule has 1 aromatic carbocycles. The van der Waals surface area contributed by atoms with Gasteiger partial charge in [-0.15, -0.1) is 0 Å². The minimum Gasteiger partial charge on any atom is -0.392 e. The molecule has 0 saturated carbocycles. The Hall–Kier alpha value is -0.410. The second-order valence-electron chi connectivity index (χ2n) is 4.16. The maximum absolute atomic E-state index is 12.2. The van der Waals surface area contributed by atoms with E-state index in [0.29, 0.717) is 0 Å². The molecule has 0 aromatic heterocycles. The molecule has 6 nitrogen and oxygen atoms in total. The van der Waals surface area contributed by atoms with E-state index in [2.05, 4.69) is 4.72 Å². The molecular weight excluding hydrogens is 341 g/mol. The number of aliphatic hydroxyl groups is 1. The monoisotopic (exact) mass is 357 g/mol. The van der Waals surface area contributed by atoms with Crippen molar-refractivity contribution in [2.24, 2.45) is 0 Å². The first kappa shape index (κ1) is 18.6. The average molecular weight is 358 g/mol. The molecule has 1 unspecified atom stereocenters. The maximum atomic E-state index is 12.2. The van der Waals surface area contributed by atoms with Gasteiger partial charge in [0, 0.05) is 31.4 Å². The number of aliphatic hydroxyl groups excluding tert-OH is 1. The topological polar surface area (TPSA) is 84.9 Å². The molecule has 0 bridgehead atoms. The first-order valence-electron chi connectivity index (χ1n) is 5.96. The molecule has 1 rings (SSSR count). The SMILES string of the molecule is COCC(CNS(=O)(=O)c1ccc(Cl)c(CO)c1Cl)OC. The van der Waals surface area contributed by atoms with E-state index in [1.54, 1.807) is 0 Å². The van der Waals surface area contributed by atoms with Crippen LogP contribution in [0.1, 0.15) is 5.56 Å². The van der Waals surface area contributed by atoms with Crippen molar-refractivity contribution >= 4 is 33.2 Å². The maximum Gasteiger partial charge on any atom is 0.242 e. The number of nitrogens with one attached hydrogen (secondary N) is 1. The third-order valence-electron chi connectivity index (χ3n) is 2.79. The average Bonchev–Trinajstić information content (AvgIpc) is 2.43. The smallest absolute Gasteiger partial charge is 0.242 e. The lowest BCUT2D eigenvalue weighted by Gasteiger charge is -2.16. The van der Waals surface area contributed by atoms with Gasteiger partial charge in [-0.2, -0.15) is 0 Å². The highest BCUT2D eigenvalue weighted by atomic mass is 35.5. The van der Waals surface area contributed by atoms with Crippen LogP contribution >= 0.6 is 23.2 Å². The van der Waals surface area contributed by atoms with Crippen LogP contribution in [0.3, 0.4) is 0 Å². The van der Waals surface area contributed by atoms with Crippen molar-refractivity contribution in [3.8, 4) is 0 Å². The molecule has 120 valence electrons. The van der Waals surface area contributed by atoms with Crippen LogP contribution < -0.4 is 4.72 Å². The zero-order valence-corrected chi connectivity index (χ0v) is 13.9. The number of ether oxygens (including phenoxy) is 2. The van der Waals surface area contributed by atoms with Crippen LogP contribution in [0.5, 0.6) is 0 Å². The predicted octanol–water partition coefficient (Wildman–Crippen LogP) is 1.43. The first-order valence-corrected chi connectivity index (χ1v) is 8.20. The van der Waals surface area contributed by atoms with Crippen molar-refractivity contribution in [2.45, 2.75) is 17.6 Å². The summed E-state index contributed by atoms with van der Waals surface area (Å²) in [5.74, 6) is 0. The fourth-order valence-corrected chi connectivity index (χ4v) is 3.57. The van der Waals surface area contributed by atoms with Crippen molar-refractivity contribution in [2.75, 3.05) is 27.4 Å². The standard InChI is InChI=1S/C12H17Cl2NO5S/c1-19-7-8(20-2)5-15-21(17,18)11-4-3-10(13)9(6-16)12(11)14/h3-4,8,15-16H,5-7H2,1-2H3. The van der Waals surface area contributed by atoms with Gasteiger partial charge >= 0.3 is 0 Å². The lowest BCUT2D eigenvalue weighted by molar-refractivity contribution is 0.0320. The Bertz CT molecular complexity index is 579. The zero-order chi connectivity index (χ0) is 16.0. The minimum atomic E-state index is -3.85. The van der Waals surface area contributed by atoms with E-state index in [4.69, 9.17) is 32.7 Å². The van der Waals surface area contributed by atoms with Gasteiger partial charge in [0.1, 0.15) is 4.90 Å². The number of hydrogen-bond donors (Lipinski definition) is 2. The second-order valence-corrected chi connectivity index (χ2v) is 6.68. The number of sulfonamides is 1. The molecule has 0 aliphatic rings. The molecule has 21 heavy (non-hydrogen) atoms. The van der Waals surface area contributed by atoms with Crippen molar-refractivity contribution in [1.29, 1.82) is 0 Å². The van der Waals surface area contributed by atoms with Gasteiger partial charge in [0.15, 0.2) is 0 Å². The summed E-state index contributed by atoms with van der Waals surface area (Å²) in [7, 11) is -0.905. The summed E-state index contributed by atoms with van der Waals surface area (Å²) in [6.07, 6.45) is -0.423. The number of rotatable bonds is 8. The number of benzene rings is 1. The second kappa shape index (κ2) is 8.28. The van der Waals surface area contributed by atoms with E-state index in [-0.39, 0.29) is 33.7 Å². The molecule has 1 aromatic rings. The summed E-state index contributed by atoms with van der Waals surface area (Å²) < 4.78 is 36.8. The first-order chi connectivity index (χ1) is 9.87. The molecule has 0 aliphatic heterocycles. The van der Waals surface area contributed by atoms with Crippen LogP contribution in [0, 0.1) is 0 Å². The van der Waals surface area contributed by atoms with Gasteiger partial charge in [-0.05, 0) is 12.1 Å². The summed E-state index contributed by atoms with van der Waals surface area (Å²) >= 11 is 11.8. The fourth-order valence-electron chi connectivity index (χ4n) is 1.61. The summed E-state index contributed by atoms with van der Waals surface area (Å²) in [5.41, 5.74) is 0.168. The molecule has 0 heterocycles. The van der Waals surface area contributed by atoms with Gasteiger partial charge in [-0.1, -0.05) is 23.2 Å². The molecule has 0 radical (unpaired) electrons. The quantitative estimate of drug-likeness (QED) is 0.734.